The lowest BCUT2D eigenvalue weighted by atomic mass is 9.89. The molecule has 2 aliphatic rings. The number of ether oxygens (including phenoxy) is 4. The van der Waals surface area contributed by atoms with E-state index in [0.717, 1.165) is 54.2 Å². The van der Waals surface area contributed by atoms with Crippen molar-refractivity contribution in [2.24, 2.45) is 0 Å². The fourth-order valence-electron chi connectivity index (χ4n) is 4.81. The third-order valence-electron chi connectivity index (χ3n) is 6.27. The van der Waals surface area contributed by atoms with Gasteiger partial charge in [0.05, 0.1) is 25.2 Å². The van der Waals surface area contributed by atoms with Gasteiger partial charge < -0.3 is 31.4 Å². The third kappa shape index (κ3) is 3.55. The standard InChI is InChI=1S/C25H28NO4.ClH/c1-4-5-6-7-18-17-8-9-21(27-2)25(28-3)20(17)14-26-11-10-16-12-22-23(30-15-29-22)13-19(16)24(18)26;/h8-9,12-14H,4-7,10-11,15H2,1-3H3;1H/q+1;/p-1. The lowest BCUT2D eigenvalue weighted by molar-refractivity contribution is -0.686. The van der Waals surface area contributed by atoms with E-state index in [1.165, 1.54) is 40.6 Å². The Labute approximate surface area is 189 Å². The predicted octanol–water partition coefficient (Wildman–Crippen LogP) is 1.83. The molecule has 0 saturated carbocycles. The van der Waals surface area contributed by atoms with E-state index in [1.54, 1.807) is 14.2 Å². The monoisotopic (exact) mass is 441 g/mol. The minimum Gasteiger partial charge on any atom is -1.00 e. The number of rotatable bonds is 6. The number of nitrogens with zero attached hydrogens (tertiary/aromatic N) is 1. The van der Waals surface area contributed by atoms with E-state index in [4.69, 9.17) is 18.9 Å². The second-order valence-electron chi connectivity index (χ2n) is 7.98. The molecule has 0 amide bonds. The smallest absolute Gasteiger partial charge is 0.231 e. The van der Waals surface area contributed by atoms with Crippen LogP contribution in [0.1, 0.15) is 37.3 Å². The molecule has 5 nitrogen and oxygen atoms in total. The van der Waals surface area contributed by atoms with E-state index in [0.29, 0.717) is 6.79 Å². The van der Waals surface area contributed by atoms with Gasteiger partial charge in [-0.25, -0.2) is 0 Å². The molecule has 0 aliphatic carbocycles. The van der Waals surface area contributed by atoms with Crippen molar-refractivity contribution >= 4 is 10.8 Å². The summed E-state index contributed by atoms with van der Waals surface area (Å²) >= 11 is 0. The number of aromatic nitrogens is 1. The van der Waals surface area contributed by atoms with E-state index in [2.05, 4.69) is 35.9 Å². The molecule has 5 rings (SSSR count). The molecular weight excluding hydrogens is 414 g/mol. The van der Waals surface area contributed by atoms with E-state index in [-0.39, 0.29) is 12.4 Å². The molecule has 0 saturated heterocycles. The number of halogens is 1. The minimum atomic E-state index is 0. The highest BCUT2D eigenvalue weighted by Crippen LogP contribution is 2.43. The number of methoxy groups -OCH3 is 2. The fraction of sp³-hybridized carbons (Fsp3) is 0.400. The predicted molar refractivity (Wildman–Crippen MR) is 116 cm³/mol. The average molecular weight is 442 g/mol. The van der Waals surface area contributed by atoms with Crippen LogP contribution >= 0.6 is 0 Å². The Balaban J connectivity index is 0.00000231. The molecule has 164 valence electrons. The quantitative estimate of drug-likeness (QED) is 0.432. The molecule has 2 aliphatic heterocycles. The summed E-state index contributed by atoms with van der Waals surface area (Å²) in [7, 11) is 3.41. The Morgan fingerprint density at radius 1 is 1.00 bits per heavy atom. The van der Waals surface area contributed by atoms with Crippen molar-refractivity contribution in [3.63, 3.8) is 0 Å². The number of pyridine rings is 1. The van der Waals surface area contributed by atoms with Crippen LogP contribution in [0, 0.1) is 0 Å². The summed E-state index contributed by atoms with van der Waals surface area (Å²) in [6.45, 7) is 3.48. The second-order valence-corrected chi connectivity index (χ2v) is 7.98. The first-order valence-corrected chi connectivity index (χ1v) is 10.8. The largest absolute Gasteiger partial charge is 1.00 e. The van der Waals surface area contributed by atoms with Crippen LogP contribution < -0.4 is 35.9 Å². The first-order valence-electron chi connectivity index (χ1n) is 10.8. The van der Waals surface area contributed by atoms with Gasteiger partial charge in [0, 0.05) is 17.4 Å². The highest BCUT2D eigenvalue weighted by Gasteiger charge is 2.32. The van der Waals surface area contributed by atoms with E-state index >= 15 is 0 Å². The molecule has 0 N–H and O–H groups in total. The molecule has 0 fully saturated rings. The first-order chi connectivity index (χ1) is 14.7. The van der Waals surface area contributed by atoms with Gasteiger partial charge in [-0.1, -0.05) is 19.8 Å². The van der Waals surface area contributed by atoms with Gasteiger partial charge in [-0.2, -0.15) is 4.57 Å². The Hall–Kier alpha value is -2.66. The zero-order valence-corrected chi connectivity index (χ0v) is 19.1. The van der Waals surface area contributed by atoms with E-state index < -0.39 is 0 Å². The van der Waals surface area contributed by atoms with Gasteiger partial charge in [0.2, 0.25) is 12.5 Å². The van der Waals surface area contributed by atoms with Gasteiger partial charge >= 0.3 is 0 Å². The number of hydrogen-bond donors (Lipinski definition) is 0. The summed E-state index contributed by atoms with van der Waals surface area (Å²) < 4.78 is 25.1. The van der Waals surface area contributed by atoms with Crippen LogP contribution in [0.3, 0.4) is 0 Å². The second kappa shape index (κ2) is 8.83. The average Bonchev–Trinajstić information content (AvgIpc) is 3.23. The third-order valence-corrected chi connectivity index (χ3v) is 6.27. The fourth-order valence-corrected chi connectivity index (χ4v) is 4.81. The lowest BCUT2D eigenvalue weighted by Gasteiger charge is -2.21. The van der Waals surface area contributed by atoms with Crippen LogP contribution in [0.4, 0.5) is 0 Å². The van der Waals surface area contributed by atoms with Crippen molar-refractivity contribution < 1.29 is 35.9 Å². The molecule has 2 aromatic carbocycles. The zero-order chi connectivity index (χ0) is 20.7. The molecular formula is C25H28ClNO4. The van der Waals surface area contributed by atoms with Gasteiger partial charge in [0.15, 0.2) is 35.7 Å². The maximum atomic E-state index is 5.78. The van der Waals surface area contributed by atoms with Gasteiger partial charge in [-0.05, 0) is 42.7 Å². The number of hydrogen-bond acceptors (Lipinski definition) is 4. The highest BCUT2D eigenvalue weighted by atomic mass is 35.5. The molecule has 3 aromatic rings. The van der Waals surface area contributed by atoms with Gasteiger partial charge in [0.25, 0.3) is 0 Å². The van der Waals surface area contributed by atoms with Crippen molar-refractivity contribution in [1.29, 1.82) is 0 Å². The van der Waals surface area contributed by atoms with Crippen LogP contribution in [0.15, 0.2) is 30.5 Å². The lowest BCUT2D eigenvalue weighted by Crippen LogP contribution is -3.00. The zero-order valence-electron chi connectivity index (χ0n) is 18.3. The molecule has 0 bridgehead atoms. The summed E-state index contributed by atoms with van der Waals surface area (Å²) in [4.78, 5) is 0. The molecule has 3 heterocycles. The first kappa shape index (κ1) is 21.6. The summed E-state index contributed by atoms with van der Waals surface area (Å²) in [5, 5.41) is 2.34. The van der Waals surface area contributed by atoms with Gasteiger partial charge in [0.1, 0.15) is 0 Å². The van der Waals surface area contributed by atoms with Crippen molar-refractivity contribution in [1.82, 2.24) is 0 Å². The maximum absolute atomic E-state index is 5.78. The van der Waals surface area contributed by atoms with Crippen molar-refractivity contribution in [2.75, 3.05) is 21.0 Å². The molecule has 6 heteroatoms. The van der Waals surface area contributed by atoms with Gasteiger partial charge in [-0.15, -0.1) is 0 Å². The summed E-state index contributed by atoms with van der Waals surface area (Å²) in [6.07, 6.45) is 7.81. The molecule has 0 unspecified atom stereocenters. The topological polar surface area (TPSA) is 40.8 Å². The molecule has 0 atom stereocenters. The Morgan fingerprint density at radius 3 is 2.55 bits per heavy atom. The summed E-state index contributed by atoms with van der Waals surface area (Å²) in [6, 6.07) is 8.53. The number of fused-ring (bicyclic) bond motifs is 5. The van der Waals surface area contributed by atoms with Crippen LogP contribution in [-0.4, -0.2) is 21.0 Å². The van der Waals surface area contributed by atoms with E-state index in [9.17, 15) is 0 Å². The number of aryl methyl sites for hydroxylation is 3. The van der Waals surface area contributed by atoms with Crippen molar-refractivity contribution in [3.05, 3.63) is 41.6 Å². The highest BCUT2D eigenvalue weighted by molar-refractivity contribution is 5.95. The van der Waals surface area contributed by atoms with Crippen LogP contribution in [0.25, 0.3) is 22.0 Å². The van der Waals surface area contributed by atoms with Crippen LogP contribution in [-0.2, 0) is 19.4 Å². The minimum absolute atomic E-state index is 0. The number of benzene rings is 2. The Morgan fingerprint density at radius 2 is 1.81 bits per heavy atom. The maximum Gasteiger partial charge on any atom is 0.231 e. The van der Waals surface area contributed by atoms with Crippen molar-refractivity contribution in [3.8, 4) is 34.3 Å². The molecule has 0 radical (unpaired) electrons. The van der Waals surface area contributed by atoms with Crippen LogP contribution in [0.5, 0.6) is 23.0 Å². The summed E-state index contributed by atoms with van der Waals surface area (Å²) in [5.41, 5.74) is 5.26. The summed E-state index contributed by atoms with van der Waals surface area (Å²) in [5.74, 6) is 3.28. The Kier molecular flexibility index (Phi) is 6.15. The molecule has 0 spiro atoms. The number of unbranched alkanes of at least 4 members (excludes halogenated alkanes) is 2. The van der Waals surface area contributed by atoms with Gasteiger partial charge in [-0.3, -0.25) is 0 Å². The van der Waals surface area contributed by atoms with E-state index in [1.807, 2.05) is 6.07 Å². The van der Waals surface area contributed by atoms with Crippen LogP contribution in [0.2, 0.25) is 0 Å². The normalized spacial score (nSPS) is 13.4. The van der Waals surface area contributed by atoms with Crippen molar-refractivity contribution in [2.45, 2.75) is 45.6 Å². The molecule has 1 aromatic heterocycles. The Bertz CT molecular complexity index is 1130. The SMILES string of the molecule is CCCCCc1c2[n+](cc3c(OC)c(OC)ccc13)CCc1cc3c(cc1-2)OCO3.[Cl-]. The molecule has 31 heavy (non-hydrogen) atoms.